The van der Waals surface area contributed by atoms with Crippen molar-refractivity contribution in [2.75, 3.05) is 0 Å². The first kappa shape index (κ1) is 11.2. The fraction of sp³-hybridized carbons (Fsp3) is 0.235. The smallest absolute Gasteiger partial charge is 0.194 e. The van der Waals surface area contributed by atoms with E-state index in [-0.39, 0.29) is 5.78 Å². The molecule has 1 aliphatic carbocycles. The molecule has 0 N–H and O–H groups in total. The minimum Gasteiger partial charge on any atom is -0.289 e. The Hall–Kier alpha value is -1.89. The van der Waals surface area contributed by atoms with Crippen LogP contribution in [-0.4, -0.2) is 5.78 Å². The number of rotatable bonds is 2. The molecular weight excluding hydrogens is 220 g/mol. The molecule has 0 atom stereocenters. The van der Waals surface area contributed by atoms with Gasteiger partial charge in [0.1, 0.15) is 0 Å². The summed E-state index contributed by atoms with van der Waals surface area (Å²) >= 11 is 0. The van der Waals surface area contributed by atoms with Gasteiger partial charge in [0, 0.05) is 11.1 Å². The highest BCUT2D eigenvalue weighted by Crippen LogP contribution is 2.37. The third-order valence-electron chi connectivity index (χ3n) is 3.76. The van der Waals surface area contributed by atoms with Crippen LogP contribution in [0.1, 0.15) is 40.9 Å². The highest BCUT2D eigenvalue weighted by atomic mass is 16.1. The molecule has 0 radical (unpaired) electrons. The van der Waals surface area contributed by atoms with Gasteiger partial charge in [0.05, 0.1) is 0 Å². The topological polar surface area (TPSA) is 17.1 Å². The van der Waals surface area contributed by atoms with Gasteiger partial charge in [-0.25, -0.2) is 0 Å². The van der Waals surface area contributed by atoms with Crippen molar-refractivity contribution < 1.29 is 4.79 Å². The molecule has 1 aliphatic rings. The highest BCUT2D eigenvalue weighted by Gasteiger charge is 2.26. The van der Waals surface area contributed by atoms with Crippen LogP contribution in [0.5, 0.6) is 0 Å². The van der Waals surface area contributed by atoms with Crippen LogP contribution >= 0.6 is 0 Å². The van der Waals surface area contributed by atoms with Gasteiger partial charge >= 0.3 is 0 Å². The van der Waals surface area contributed by atoms with Crippen LogP contribution in [0, 0.1) is 0 Å². The van der Waals surface area contributed by atoms with Crippen LogP contribution in [0.4, 0.5) is 0 Å². The predicted molar refractivity (Wildman–Crippen MR) is 74.1 cm³/mol. The molecule has 0 aliphatic heterocycles. The Balaban J connectivity index is 2.26. The molecule has 0 aromatic heterocycles. The third kappa shape index (κ3) is 1.51. The van der Waals surface area contributed by atoms with E-state index in [1.54, 1.807) is 0 Å². The van der Waals surface area contributed by atoms with Gasteiger partial charge in [0.25, 0.3) is 0 Å². The fourth-order valence-electron chi connectivity index (χ4n) is 2.61. The summed E-state index contributed by atoms with van der Waals surface area (Å²) in [5, 5.41) is 0. The molecule has 18 heavy (non-hydrogen) atoms. The van der Waals surface area contributed by atoms with E-state index in [1.165, 1.54) is 11.1 Å². The lowest BCUT2D eigenvalue weighted by Crippen LogP contribution is -1.95. The van der Waals surface area contributed by atoms with Crippen molar-refractivity contribution in [1.82, 2.24) is 0 Å². The molecule has 3 rings (SSSR count). The van der Waals surface area contributed by atoms with Crippen molar-refractivity contribution in [3.8, 4) is 11.1 Å². The second kappa shape index (κ2) is 4.09. The first-order chi connectivity index (χ1) is 8.74. The van der Waals surface area contributed by atoms with Crippen molar-refractivity contribution in [3.05, 3.63) is 58.7 Å². The minimum atomic E-state index is 0.172. The van der Waals surface area contributed by atoms with Crippen molar-refractivity contribution in [3.63, 3.8) is 0 Å². The number of fused-ring (bicyclic) bond motifs is 3. The summed E-state index contributed by atoms with van der Waals surface area (Å²) in [6, 6.07) is 12.4. The zero-order valence-corrected chi connectivity index (χ0v) is 10.8. The average molecular weight is 236 g/mol. The van der Waals surface area contributed by atoms with Crippen LogP contribution in [0.3, 0.4) is 0 Å². The summed E-state index contributed by atoms with van der Waals surface area (Å²) in [5.41, 5.74) is 6.52. The largest absolute Gasteiger partial charge is 0.289 e. The Kier molecular flexibility index (Phi) is 2.55. The van der Waals surface area contributed by atoms with Crippen molar-refractivity contribution in [2.45, 2.75) is 26.7 Å². The van der Waals surface area contributed by atoms with Crippen LogP contribution in [0.15, 0.2) is 36.4 Å². The maximum Gasteiger partial charge on any atom is 0.194 e. The van der Waals surface area contributed by atoms with Crippen LogP contribution < -0.4 is 0 Å². The van der Waals surface area contributed by atoms with Gasteiger partial charge < -0.3 is 0 Å². The molecule has 0 saturated carbocycles. The maximum absolute atomic E-state index is 12.3. The van der Waals surface area contributed by atoms with Gasteiger partial charge in [0.2, 0.25) is 0 Å². The number of benzene rings is 2. The first-order valence-corrected chi connectivity index (χ1v) is 6.55. The number of aryl methyl sites for hydroxylation is 2. The summed E-state index contributed by atoms with van der Waals surface area (Å²) in [6.45, 7) is 4.28. The molecule has 0 heterocycles. The average Bonchev–Trinajstić information content (AvgIpc) is 2.71. The van der Waals surface area contributed by atoms with Gasteiger partial charge in [-0.1, -0.05) is 50.2 Å². The van der Waals surface area contributed by atoms with E-state index in [2.05, 4.69) is 38.1 Å². The van der Waals surface area contributed by atoms with E-state index in [1.807, 2.05) is 12.1 Å². The van der Waals surface area contributed by atoms with E-state index < -0.39 is 0 Å². The number of carbonyl (C=O) groups is 1. The SMILES string of the molecule is CCc1ccc2c(c1)-c1cc(CC)ccc1C2=O. The zero-order chi connectivity index (χ0) is 12.7. The lowest BCUT2D eigenvalue weighted by atomic mass is 10.00. The number of carbonyl (C=O) groups excluding carboxylic acids is 1. The molecular formula is C17H16O. The van der Waals surface area contributed by atoms with Crippen LogP contribution in [0.25, 0.3) is 11.1 Å². The van der Waals surface area contributed by atoms with Gasteiger partial charge in [-0.3, -0.25) is 4.79 Å². The molecule has 0 fully saturated rings. The van der Waals surface area contributed by atoms with Gasteiger partial charge in [-0.2, -0.15) is 0 Å². The molecule has 2 aromatic carbocycles. The number of ketones is 1. The maximum atomic E-state index is 12.3. The number of hydrogen-bond acceptors (Lipinski definition) is 1. The van der Waals surface area contributed by atoms with Crippen LogP contribution in [0.2, 0.25) is 0 Å². The second-order valence-corrected chi connectivity index (χ2v) is 4.80. The van der Waals surface area contributed by atoms with Gasteiger partial charge in [-0.15, -0.1) is 0 Å². The Morgan fingerprint density at radius 3 is 1.56 bits per heavy atom. The Bertz CT molecular complexity index is 583. The highest BCUT2D eigenvalue weighted by molar-refractivity contribution is 6.21. The van der Waals surface area contributed by atoms with Gasteiger partial charge in [-0.05, 0) is 35.1 Å². The molecule has 1 nitrogen and oxygen atoms in total. The molecule has 0 spiro atoms. The quantitative estimate of drug-likeness (QED) is 0.656. The molecule has 0 saturated heterocycles. The lowest BCUT2D eigenvalue weighted by Gasteiger charge is -2.04. The molecule has 2 aromatic rings. The standard InChI is InChI=1S/C17H16O/c1-3-11-5-7-13-15(9-11)16-10-12(4-2)6-8-14(16)17(13)18/h5-10H,3-4H2,1-2H3. The fourth-order valence-corrected chi connectivity index (χ4v) is 2.61. The summed E-state index contributed by atoms with van der Waals surface area (Å²) in [4.78, 5) is 12.3. The van der Waals surface area contributed by atoms with Crippen molar-refractivity contribution in [2.24, 2.45) is 0 Å². The molecule has 1 heteroatoms. The van der Waals surface area contributed by atoms with Crippen molar-refractivity contribution >= 4 is 5.78 Å². The Morgan fingerprint density at radius 1 is 0.722 bits per heavy atom. The Morgan fingerprint density at radius 2 is 1.17 bits per heavy atom. The predicted octanol–water partition coefficient (Wildman–Crippen LogP) is 4.02. The van der Waals surface area contributed by atoms with Crippen LogP contribution in [-0.2, 0) is 12.8 Å². The summed E-state index contributed by atoms with van der Waals surface area (Å²) < 4.78 is 0. The summed E-state index contributed by atoms with van der Waals surface area (Å²) in [7, 11) is 0. The normalized spacial score (nSPS) is 12.4. The summed E-state index contributed by atoms with van der Waals surface area (Å²) in [6.07, 6.45) is 2.01. The van der Waals surface area contributed by atoms with E-state index >= 15 is 0 Å². The Labute approximate surface area is 107 Å². The molecule has 0 unspecified atom stereocenters. The van der Waals surface area contributed by atoms with E-state index in [0.29, 0.717) is 0 Å². The zero-order valence-electron chi connectivity index (χ0n) is 10.8. The van der Waals surface area contributed by atoms with E-state index in [4.69, 9.17) is 0 Å². The molecule has 0 amide bonds. The lowest BCUT2D eigenvalue weighted by molar-refractivity contribution is 0.104. The van der Waals surface area contributed by atoms with E-state index in [0.717, 1.165) is 35.1 Å². The molecule has 0 bridgehead atoms. The van der Waals surface area contributed by atoms with E-state index in [9.17, 15) is 4.79 Å². The number of hydrogen-bond donors (Lipinski definition) is 0. The molecule has 90 valence electrons. The summed E-state index contributed by atoms with van der Waals surface area (Å²) in [5.74, 6) is 0.172. The third-order valence-corrected chi connectivity index (χ3v) is 3.76. The minimum absolute atomic E-state index is 0.172. The van der Waals surface area contributed by atoms with Gasteiger partial charge in [0.15, 0.2) is 5.78 Å². The second-order valence-electron chi connectivity index (χ2n) is 4.80. The van der Waals surface area contributed by atoms with Crippen molar-refractivity contribution in [1.29, 1.82) is 0 Å². The first-order valence-electron chi connectivity index (χ1n) is 6.55. The monoisotopic (exact) mass is 236 g/mol.